The van der Waals surface area contributed by atoms with Gasteiger partial charge < -0.3 is 10.1 Å². The normalized spacial score (nSPS) is 13.0. The first-order valence-corrected chi connectivity index (χ1v) is 9.89. The van der Waals surface area contributed by atoms with Crippen LogP contribution in [0.15, 0.2) is 53.0 Å². The van der Waals surface area contributed by atoms with E-state index < -0.39 is 12.2 Å². The van der Waals surface area contributed by atoms with Gasteiger partial charge in [-0.15, -0.1) is 0 Å². The van der Waals surface area contributed by atoms with Crippen molar-refractivity contribution in [2.45, 2.75) is 32.5 Å². The maximum atomic E-state index is 12.5. The summed E-state index contributed by atoms with van der Waals surface area (Å²) in [6.45, 7) is 4.02. The minimum Gasteiger partial charge on any atom is -0.356 e. The van der Waals surface area contributed by atoms with Crippen LogP contribution in [0, 0.1) is 17.2 Å². The first-order chi connectivity index (χ1) is 12.9. The van der Waals surface area contributed by atoms with E-state index in [9.17, 15) is 4.79 Å². The Morgan fingerprint density at radius 2 is 1.70 bits per heavy atom. The van der Waals surface area contributed by atoms with Crippen LogP contribution in [0.1, 0.15) is 37.5 Å². The van der Waals surface area contributed by atoms with Crippen LogP contribution in [-0.4, -0.2) is 18.6 Å². The molecule has 142 valence electrons. The molecule has 0 radical (unpaired) electrons. The lowest BCUT2D eigenvalue weighted by Gasteiger charge is -2.26. The van der Waals surface area contributed by atoms with E-state index in [0.29, 0.717) is 11.4 Å². The number of carbonyl (C=O) groups excluding carboxylic acids is 1. The molecule has 0 saturated heterocycles. The smallest absolute Gasteiger partial charge is 0.250 e. The molecule has 1 amide bonds. The zero-order valence-electron chi connectivity index (χ0n) is 15.3. The number of ether oxygens (including phenoxy) is 1. The van der Waals surface area contributed by atoms with Gasteiger partial charge in [0, 0.05) is 9.50 Å². The minimum absolute atomic E-state index is 0.0410. The Morgan fingerprint density at radius 1 is 1.15 bits per heavy atom. The predicted molar refractivity (Wildman–Crippen MR) is 110 cm³/mol. The molecule has 0 saturated carbocycles. The number of rotatable bonds is 8. The van der Waals surface area contributed by atoms with Crippen LogP contribution in [0.5, 0.6) is 0 Å². The van der Waals surface area contributed by atoms with Gasteiger partial charge in [-0.05, 0) is 47.7 Å². The summed E-state index contributed by atoms with van der Waals surface area (Å²) in [5, 5.41) is 12.0. The predicted octanol–water partition coefficient (Wildman–Crippen LogP) is 5.26. The lowest BCUT2D eigenvalue weighted by Crippen LogP contribution is -2.38. The molecule has 2 aromatic carbocycles. The Balaban J connectivity index is 2.35. The van der Waals surface area contributed by atoms with Gasteiger partial charge in [0.05, 0.1) is 6.07 Å². The number of amides is 1. The van der Waals surface area contributed by atoms with E-state index in [-0.39, 0.29) is 18.4 Å². The first-order valence-electron chi connectivity index (χ1n) is 8.71. The molecule has 4 nitrogen and oxygen atoms in total. The Labute approximate surface area is 173 Å². The van der Waals surface area contributed by atoms with Gasteiger partial charge in [-0.3, -0.25) is 4.79 Å². The molecular formula is C21H22BrClN2O2. The lowest BCUT2D eigenvalue weighted by molar-refractivity contribution is -0.136. The summed E-state index contributed by atoms with van der Waals surface area (Å²) in [7, 11) is 0. The topological polar surface area (TPSA) is 62.1 Å². The molecule has 2 atom stereocenters. The highest BCUT2D eigenvalue weighted by atomic mass is 79.9. The van der Waals surface area contributed by atoms with Crippen molar-refractivity contribution in [1.29, 1.82) is 5.26 Å². The molecule has 2 aromatic rings. The van der Waals surface area contributed by atoms with Gasteiger partial charge in [0.25, 0.3) is 0 Å². The summed E-state index contributed by atoms with van der Waals surface area (Å²) in [4.78, 5) is 12.5. The molecule has 0 fully saturated rings. The second-order valence-corrected chi connectivity index (χ2v) is 7.97. The first kappa shape index (κ1) is 21.4. The van der Waals surface area contributed by atoms with Gasteiger partial charge in [0.15, 0.2) is 0 Å². The summed E-state index contributed by atoms with van der Waals surface area (Å²) < 4.78 is 7.26. The highest BCUT2D eigenvalue weighted by Gasteiger charge is 2.26. The summed E-state index contributed by atoms with van der Waals surface area (Å²) >= 11 is 9.47. The number of hydrogen-bond donors (Lipinski definition) is 1. The minimum atomic E-state index is -0.664. The molecule has 6 heteroatoms. The quantitative estimate of drug-likeness (QED) is 0.559. The third-order valence-electron chi connectivity index (χ3n) is 3.97. The SMILES string of the molecule is CC(C)C[C@H](O[C@H](c1ccc(Cl)cc1)c1ccc(Br)cc1)C(=O)NCC#N. The van der Waals surface area contributed by atoms with Crippen molar-refractivity contribution in [3.05, 3.63) is 69.2 Å². The molecule has 0 unspecified atom stereocenters. The van der Waals surface area contributed by atoms with Crippen molar-refractivity contribution in [3.8, 4) is 6.07 Å². The molecule has 0 aliphatic carbocycles. The fraction of sp³-hybridized carbons (Fsp3) is 0.333. The highest BCUT2D eigenvalue weighted by molar-refractivity contribution is 9.10. The van der Waals surface area contributed by atoms with Gasteiger partial charge in [-0.1, -0.05) is 65.6 Å². The highest BCUT2D eigenvalue weighted by Crippen LogP contribution is 2.30. The number of halogens is 2. The second-order valence-electron chi connectivity index (χ2n) is 6.61. The Morgan fingerprint density at radius 3 is 2.22 bits per heavy atom. The molecule has 0 aliphatic heterocycles. The van der Waals surface area contributed by atoms with Crippen LogP contribution in [0.2, 0.25) is 5.02 Å². The van der Waals surface area contributed by atoms with Crippen LogP contribution in [-0.2, 0) is 9.53 Å². The van der Waals surface area contributed by atoms with Crippen LogP contribution in [0.3, 0.4) is 0 Å². The monoisotopic (exact) mass is 448 g/mol. The average Bonchev–Trinajstić information content (AvgIpc) is 2.64. The van der Waals surface area contributed by atoms with Crippen LogP contribution < -0.4 is 5.32 Å². The Hall–Kier alpha value is -1.87. The van der Waals surface area contributed by atoms with Crippen molar-refractivity contribution >= 4 is 33.4 Å². The summed E-state index contributed by atoms with van der Waals surface area (Å²) in [5.41, 5.74) is 1.84. The van der Waals surface area contributed by atoms with Gasteiger partial charge in [-0.2, -0.15) is 5.26 Å². The molecule has 0 heterocycles. The molecule has 0 spiro atoms. The zero-order valence-corrected chi connectivity index (χ0v) is 17.6. The fourth-order valence-electron chi connectivity index (χ4n) is 2.68. The van der Waals surface area contributed by atoms with E-state index in [2.05, 4.69) is 21.2 Å². The number of nitrogens with zero attached hydrogens (tertiary/aromatic N) is 1. The maximum Gasteiger partial charge on any atom is 0.250 e. The third kappa shape index (κ3) is 6.66. The van der Waals surface area contributed by atoms with Gasteiger partial charge in [-0.25, -0.2) is 0 Å². The summed E-state index contributed by atoms with van der Waals surface area (Å²) in [6.07, 6.45) is -0.535. The average molecular weight is 450 g/mol. The van der Waals surface area contributed by atoms with Gasteiger partial charge in [0.1, 0.15) is 18.8 Å². The molecule has 0 aliphatic rings. The second kappa shape index (κ2) is 10.5. The summed E-state index contributed by atoms with van der Waals surface area (Å²) in [5.74, 6) is -0.0139. The number of nitriles is 1. The van der Waals surface area contributed by atoms with Crippen molar-refractivity contribution in [1.82, 2.24) is 5.32 Å². The van der Waals surface area contributed by atoms with E-state index in [1.165, 1.54) is 0 Å². The number of hydrogen-bond acceptors (Lipinski definition) is 3. The van der Waals surface area contributed by atoms with E-state index >= 15 is 0 Å². The van der Waals surface area contributed by atoms with Crippen LogP contribution in [0.4, 0.5) is 0 Å². The molecule has 0 aromatic heterocycles. The maximum absolute atomic E-state index is 12.5. The molecule has 0 bridgehead atoms. The van der Waals surface area contributed by atoms with Crippen molar-refractivity contribution < 1.29 is 9.53 Å². The van der Waals surface area contributed by atoms with Gasteiger partial charge in [0.2, 0.25) is 5.91 Å². The van der Waals surface area contributed by atoms with Crippen molar-refractivity contribution in [3.63, 3.8) is 0 Å². The fourth-order valence-corrected chi connectivity index (χ4v) is 3.07. The lowest BCUT2D eigenvalue weighted by atomic mass is 9.99. The summed E-state index contributed by atoms with van der Waals surface area (Å²) in [6, 6.07) is 17.1. The van der Waals surface area contributed by atoms with Crippen molar-refractivity contribution in [2.75, 3.05) is 6.54 Å². The molecule has 27 heavy (non-hydrogen) atoms. The van der Waals surface area contributed by atoms with E-state index in [0.717, 1.165) is 15.6 Å². The van der Waals surface area contributed by atoms with E-state index in [1.807, 2.05) is 56.3 Å². The van der Waals surface area contributed by atoms with Gasteiger partial charge >= 0.3 is 0 Å². The molecule has 1 N–H and O–H groups in total. The third-order valence-corrected chi connectivity index (χ3v) is 4.75. The van der Waals surface area contributed by atoms with Crippen molar-refractivity contribution in [2.24, 2.45) is 5.92 Å². The Kier molecular flexibility index (Phi) is 8.30. The largest absolute Gasteiger partial charge is 0.356 e. The number of carbonyl (C=O) groups is 1. The number of nitrogens with one attached hydrogen (secondary N) is 1. The standard InChI is InChI=1S/C21H22BrClN2O2/c1-14(2)13-19(21(26)25-12-11-24)27-20(15-3-7-17(22)8-4-15)16-5-9-18(23)10-6-16/h3-10,14,19-20H,12-13H2,1-2H3,(H,25,26)/t19-,20-/m0/s1. The van der Waals surface area contributed by atoms with Crippen LogP contribution >= 0.6 is 27.5 Å². The molecular weight excluding hydrogens is 428 g/mol. The molecule has 2 rings (SSSR count). The zero-order chi connectivity index (χ0) is 19.8. The van der Waals surface area contributed by atoms with E-state index in [4.69, 9.17) is 21.6 Å². The van der Waals surface area contributed by atoms with Crippen LogP contribution in [0.25, 0.3) is 0 Å². The Bertz CT molecular complexity index is 740. The van der Waals surface area contributed by atoms with E-state index in [1.54, 1.807) is 12.1 Å². The number of benzene rings is 2.